The lowest BCUT2D eigenvalue weighted by Crippen LogP contribution is -1.92. The quantitative estimate of drug-likeness (QED) is 0.516. The van der Waals surface area contributed by atoms with Gasteiger partial charge in [-0.2, -0.15) is 0 Å². The van der Waals surface area contributed by atoms with Gasteiger partial charge in [-0.15, -0.1) is 0 Å². The van der Waals surface area contributed by atoms with Gasteiger partial charge in [-0.3, -0.25) is 0 Å². The van der Waals surface area contributed by atoms with E-state index in [1.54, 1.807) is 0 Å². The number of allylic oxidation sites excluding steroid dienone is 4. The molecule has 1 rings (SSSR count). The minimum absolute atomic E-state index is 0.651. The Hall–Kier alpha value is -1.50. The molecule has 0 radical (unpaired) electrons. The van der Waals surface area contributed by atoms with Crippen LogP contribution in [0.3, 0.4) is 0 Å². The third-order valence-corrected chi connectivity index (χ3v) is 2.09. The molecule has 0 amide bonds. The van der Waals surface area contributed by atoms with Gasteiger partial charge in [-0.1, -0.05) is 49.4 Å². The van der Waals surface area contributed by atoms with E-state index in [0.29, 0.717) is 6.61 Å². The van der Waals surface area contributed by atoms with E-state index in [2.05, 4.69) is 19.1 Å². The first-order chi connectivity index (χ1) is 7.36. The van der Waals surface area contributed by atoms with E-state index in [1.165, 1.54) is 5.56 Å². The van der Waals surface area contributed by atoms with Crippen molar-refractivity contribution >= 4 is 0 Å². The van der Waals surface area contributed by atoms with Crippen LogP contribution in [0.5, 0.6) is 0 Å². The molecule has 0 bridgehead atoms. The minimum atomic E-state index is 0.651. The molecular formula is C14H18O. The molecule has 0 saturated heterocycles. The molecule has 0 saturated carbocycles. The summed E-state index contributed by atoms with van der Waals surface area (Å²) < 4.78 is 5.69. The molecule has 1 aromatic rings. The average Bonchev–Trinajstić information content (AvgIpc) is 2.31. The fourth-order valence-electron chi connectivity index (χ4n) is 1.22. The third kappa shape index (κ3) is 4.50. The minimum Gasteiger partial charge on any atom is -0.493 e. The van der Waals surface area contributed by atoms with Crippen LogP contribution >= 0.6 is 0 Å². The van der Waals surface area contributed by atoms with Gasteiger partial charge in [-0.25, -0.2) is 0 Å². The maximum Gasteiger partial charge on any atom is 0.113 e. The highest BCUT2D eigenvalue weighted by Gasteiger charge is 1.95. The fraction of sp³-hybridized carbons (Fsp3) is 0.286. The van der Waals surface area contributed by atoms with E-state index in [9.17, 15) is 0 Å². The van der Waals surface area contributed by atoms with E-state index in [-0.39, 0.29) is 0 Å². The zero-order valence-electron chi connectivity index (χ0n) is 9.44. The molecule has 0 aliphatic carbocycles. The molecule has 0 aliphatic rings. The predicted octanol–water partition coefficient (Wildman–Crippen LogP) is 4.07. The van der Waals surface area contributed by atoms with Crippen LogP contribution in [-0.4, -0.2) is 0 Å². The van der Waals surface area contributed by atoms with Crippen molar-refractivity contribution in [1.29, 1.82) is 0 Å². The Morgan fingerprint density at radius 2 is 2.00 bits per heavy atom. The Kier molecular flexibility index (Phi) is 5.31. The van der Waals surface area contributed by atoms with E-state index in [4.69, 9.17) is 4.74 Å². The Balaban J connectivity index is 2.48. The van der Waals surface area contributed by atoms with Crippen LogP contribution in [0.25, 0.3) is 0 Å². The van der Waals surface area contributed by atoms with Gasteiger partial charge in [0.15, 0.2) is 0 Å². The van der Waals surface area contributed by atoms with Crippen molar-refractivity contribution in [2.45, 2.75) is 26.9 Å². The molecule has 1 nitrogen and oxygen atoms in total. The average molecular weight is 202 g/mol. The van der Waals surface area contributed by atoms with Gasteiger partial charge in [0.2, 0.25) is 0 Å². The van der Waals surface area contributed by atoms with E-state index in [0.717, 1.165) is 12.2 Å². The summed E-state index contributed by atoms with van der Waals surface area (Å²) in [5.41, 5.74) is 1.21. The normalized spacial score (nSPS) is 12.0. The monoisotopic (exact) mass is 202 g/mol. The van der Waals surface area contributed by atoms with Gasteiger partial charge < -0.3 is 4.74 Å². The lowest BCUT2D eigenvalue weighted by atomic mass is 10.2. The Labute approximate surface area is 92.1 Å². The van der Waals surface area contributed by atoms with Gasteiger partial charge >= 0.3 is 0 Å². The van der Waals surface area contributed by atoms with Crippen molar-refractivity contribution in [2.24, 2.45) is 0 Å². The largest absolute Gasteiger partial charge is 0.493 e. The number of benzene rings is 1. The van der Waals surface area contributed by atoms with E-state index in [1.807, 2.05) is 43.4 Å². The maximum atomic E-state index is 5.69. The summed E-state index contributed by atoms with van der Waals surface area (Å²) in [6, 6.07) is 10.2. The first kappa shape index (κ1) is 11.6. The molecule has 0 fully saturated rings. The Bertz CT molecular complexity index is 322. The number of hydrogen-bond acceptors (Lipinski definition) is 1. The lowest BCUT2D eigenvalue weighted by Gasteiger charge is -2.07. The summed E-state index contributed by atoms with van der Waals surface area (Å²) in [6.45, 7) is 4.75. The van der Waals surface area contributed by atoms with Crippen molar-refractivity contribution in [1.82, 2.24) is 0 Å². The highest BCUT2D eigenvalue weighted by molar-refractivity contribution is 5.14. The number of ether oxygens (including phenoxy) is 1. The first-order valence-corrected chi connectivity index (χ1v) is 5.35. The second kappa shape index (κ2) is 6.88. The summed E-state index contributed by atoms with van der Waals surface area (Å²) in [5, 5.41) is 0. The van der Waals surface area contributed by atoms with Crippen LogP contribution in [0.4, 0.5) is 0 Å². The topological polar surface area (TPSA) is 9.23 Å². The molecular weight excluding hydrogens is 184 g/mol. The van der Waals surface area contributed by atoms with Crippen LogP contribution in [0.1, 0.15) is 25.8 Å². The predicted molar refractivity (Wildman–Crippen MR) is 64.4 cm³/mol. The Morgan fingerprint density at radius 1 is 1.27 bits per heavy atom. The van der Waals surface area contributed by atoms with Crippen LogP contribution in [0.2, 0.25) is 0 Å². The molecule has 80 valence electrons. The third-order valence-electron chi connectivity index (χ3n) is 2.09. The zero-order chi connectivity index (χ0) is 10.9. The molecule has 0 heterocycles. The summed E-state index contributed by atoms with van der Waals surface area (Å²) in [6.07, 6.45) is 6.95. The van der Waals surface area contributed by atoms with Crippen molar-refractivity contribution in [3.63, 3.8) is 0 Å². The SMILES string of the molecule is C/C=C\C=C(/CC)OCc1ccccc1. The van der Waals surface area contributed by atoms with Crippen molar-refractivity contribution < 1.29 is 4.74 Å². The van der Waals surface area contributed by atoms with Crippen molar-refractivity contribution in [3.05, 3.63) is 59.9 Å². The summed E-state index contributed by atoms with van der Waals surface area (Å²) in [7, 11) is 0. The van der Waals surface area contributed by atoms with Gasteiger partial charge in [-0.05, 0) is 18.6 Å². The van der Waals surface area contributed by atoms with E-state index >= 15 is 0 Å². The van der Waals surface area contributed by atoms with Gasteiger partial charge in [0, 0.05) is 6.42 Å². The van der Waals surface area contributed by atoms with Gasteiger partial charge in [0.25, 0.3) is 0 Å². The maximum absolute atomic E-state index is 5.69. The van der Waals surface area contributed by atoms with Crippen molar-refractivity contribution in [2.75, 3.05) is 0 Å². The molecule has 0 N–H and O–H groups in total. The Morgan fingerprint density at radius 3 is 2.60 bits per heavy atom. The van der Waals surface area contributed by atoms with Crippen LogP contribution in [-0.2, 0) is 11.3 Å². The van der Waals surface area contributed by atoms with Crippen LogP contribution < -0.4 is 0 Å². The highest BCUT2D eigenvalue weighted by Crippen LogP contribution is 2.08. The number of rotatable bonds is 5. The summed E-state index contributed by atoms with van der Waals surface area (Å²) in [4.78, 5) is 0. The standard InChI is InChI=1S/C14H18O/c1-3-5-11-14(4-2)15-12-13-9-7-6-8-10-13/h3,5-11H,4,12H2,1-2H3/b5-3-,14-11+. The van der Waals surface area contributed by atoms with Gasteiger partial charge in [0.05, 0.1) is 5.76 Å². The zero-order valence-corrected chi connectivity index (χ0v) is 9.44. The molecule has 15 heavy (non-hydrogen) atoms. The fourth-order valence-corrected chi connectivity index (χ4v) is 1.22. The first-order valence-electron chi connectivity index (χ1n) is 5.35. The molecule has 0 atom stereocenters. The van der Waals surface area contributed by atoms with Crippen LogP contribution in [0.15, 0.2) is 54.3 Å². The van der Waals surface area contributed by atoms with Gasteiger partial charge in [0.1, 0.15) is 6.61 Å². The molecule has 0 spiro atoms. The lowest BCUT2D eigenvalue weighted by molar-refractivity contribution is 0.191. The molecule has 0 aliphatic heterocycles. The molecule has 0 unspecified atom stereocenters. The summed E-state index contributed by atoms with van der Waals surface area (Å²) in [5.74, 6) is 1.02. The summed E-state index contributed by atoms with van der Waals surface area (Å²) >= 11 is 0. The second-order valence-corrected chi connectivity index (χ2v) is 3.29. The number of hydrogen-bond donors (Lipinski definition) is 0. The second-order valence-electron chi connectivity index (χ2n) is 3.29. The molecule has 1 aromatic carbocycles. The molecule has 1 heteroatoms. The smallest absolute Gasteiger partial charge is 0.113 e. The van der Waals surface area contributed by atoms with E-state index < -0.39 is 0 Å². The molecule has 0 aromatic heterocycles. The van der Waals surface area contributed by atoms with Crippen molar-refractivity contribution in [3.8, 4) is 0 Å². The van der Waals surface area contributed by atoms with Crippen LogP contribution in [0, 0.1) is 0 Å². The highest BCUT2D eigenvalue weighted by atomic mass is 16.5.